The van der Waals surface area contributed by atoms with Gasteiger partial charge in [-0.25, -0.2) is 0 Å². The molecule has 1 nitrogen and oxygen atoms in total. The van der Waals surface area contributed by atoms with Crippen LogP contribution in [0.15, 0.2) is 4.90 Å². The van der Waals surface area contributed by atoms with E-state index in [2.05, 4.69) is 12.6 Å². The Morgan fingerprint density at radius 1 is 1.06 bits per heavy atom. The Morgan fingerprint density at radius 3 is 1.88 bits per heavy atom. The van der Waals surface area contributed by atoms with Gasteiger partial charge in [-0.3, -0.25) is 0 Å². The topological polar surface area (TPSA) is 26.0 Å². The molecule has 0 aromatic heterocycles. The molecule has 0 saturated heterocycles. The molecule has 2 N–H and O–H groups in total. The van der Waals surface area contributed by atoms with Crippen LogP contribution in [0, 0.1) is 20.8 Å². The van der Waals surface area contributed by atoms with Crippen molar-refractivity contribution in [3.63, 3.8) is 0 Å². The number of hydrogen-bond acceptors (Lipinski definition) is 2. The molecule has 0 aliphatic heterocycles. The van der Waals surface area contributed by atoms with Gasteiger partial charge in [0.1, 0.15) is 0 Å². The molecule has 0 amide bonds. The third-order valence-electron chi connectivity index (χ3n) is 2.96. The minimum absolute atomic E-state index is 0. The molecule has 90 valence electrons. The van der Waals surface area contributed by atoms with Crippen molar-refractivity contribution >= 4 is 25.1 Å². The van der Waals surface area contributed by atoms with Crippen LogP contribution in [0.3, 0.4) is 0 Å². The van der Waals surface area contributed by atoms with Crippen molar-refractivity contribution in [1.29, 1.82) is 0 Å². The molecule has 7 heteroatoms. The smallest absolute Gasteiger partial charge is 0.445 e. The van der Waals surface area contributed by atoms with Crippen molar-refractivity contribution in [3.8, 4) is 0 Å². The van der Waals surface area contributed by atoms with Gasteiger partial charge < -0.3 is 18.7 Å². The van der Waals surface area contributed by atoms with E-state index in [9.17, 15) is 12.9 Å². The normalized spacial score (nSPS) is 11.3. The molecule has 1 rings (SSSR count). The third kappa shape index (κ3) is 3.52. The largest absolute Gasteiger partial charge is 1.00 e. The maximum absolute atomic E-state index is 12.9. The molecule has 0 spiro atoms. The van der Waals surface area contributed by atoms with Crippen molar-refractivity contribution in [1.82, 2.24) is 0 Å². The van der Waals surface area contributed by atoms with E-state index < -0.39 is 12.4 Å². The third-order valence-corrected chi connectivity index (χ3v) is 3.63. The molecule has 0 heterocycles. The van der Waals surface area contributed by atoms with Crippen LogP contribution >= 0.6 is 12.6 Å². The van der Waals surface area contributed by atoms with E-state index in [0.717, 1.165) is 5.56 Å². The van der Waals surface area contributed by atoms with E-state index in [1.54, 1.807) is 6.92 Å². The van der Waals surface area contributed by atoms with Crippen LogP contribution in [0.2, 0.25) is 0 Å². The molecule has 0 bridgehead atoms. The minimum atomic E-state index is -5.02. The number of rotatable bonds is 2. The molecule has 0 aliphatic rings. The molecule has 0 saturated carbocycles. The zero-order valence-electron chi connectivity index (χ0n) is 10.4. The monoisotopic (exact) mass is 287 g/mol. The molecule has 0 unspecified atom stereocenters. The van der Waals surface area contributed by atoms with E-state index in [1.165, 1.54) is 13.8 Å². The second-order valence-corrected chi connectivity index (χ2v) is 4.34. The van der Waals surface area contributed by atoms with Gasteiger partial charge in [0.25, 0.3) is 0 Å². The quantitative estimate of drug-likeness (QED) is 0.552. The standard InChI is InChI=1S/C10H14BF3NS.K/c1-5-8(4-15)6(2)10(16)7(3)9(5)11(12,13)14;/h16H,4,15H2,1-3H3;/q-1;+1. The van der Waals surface area contributed by atoms with Crippen molar-refractivity contribution in [2.24, 2.45) is 5.73 Å². The summed E-state index contributed by atoms with van der Waals surface area (Å²) in [4.78, 5) is 0.389. The Kier molecular flexibility index (Phi) is 6.84. The minimum Gasteiger partial charge on any atom is -0.445 e. The molecule has 0 aliphatic carbocycles. The van der Waals surface area contributed by atoms with E-state index in [1.807, 2.05) is 0 Å². The Hall–Kier alpha value is 1.02. The first-order valence-corrected chi connectivity index (χ1v) is 5.38. The average Bonchev–Trinajstić information content (AvgIpc) is 2.13. The van der Waals surface area contributed by atoms with Crippen LogP contribution < -0.4 is 62.6 Å². The average molecular weight is 287 g/mol. The summed E-state index contributed by atoms with van der Waals surface area (Å²) < 4.78 is 38.8. The van der Waals surface area contributed by atoms with Gasteiger partial charge in [-0.05, 0) is 31.9 Å². The first kappa shape index (κ1) is 18.0. The van der Waals surface area contributed by atoms with Gasteiger partial charge in [0.15, 0.2) is 0 Å². The van der Waals surface area contributed by atoms with Gasteiger partial charge in [0, 0.05) is 11.4 Å². The van der Waals surface area contributed by atoms with Gasteiger partial charge in [-0.1, -0.05) is 11.1 Å². The molecule has 0 atom stereocenters. The van der Waals surface area contributed by atoms with Crippen molar-refractivity contribution < 1.29 is 64.3 Å². The zero-order chi connectivity index (χ0) is 12.7. The molecule has 1 aromatic carbocycles. The molecule has 0 radical (unpaired) electrons. The zero-order valence-corrected chi connectivity index (χ0v) is 14.5. The summed E-state index contributed by atoms with van der Waals surface area (Å²) in [6.07, 6.45) is 0. The summed E-state index contributed by atoms with van der Waals surface area (Å²) in [5.74, 6) is 0. The maximum Gasteiger partial charge on any atom is 1.00 e. The van der Waals surface area contributed by atoms with Gasteiger partial charge in [-0.2, -0.15) is 0 Å². The Labute approximate surface area is 148 Å². The second-order valence-electron chi connectivity index (χ2n) is 3.89. The van der Waals surface area contributed by atoms with Gasteiger partial charge in [0.2, 0.25) is 0 Å². The van der Waals surface area contributed by atoms with E-state index in [4.69, 9.17) is 5.73 Å². The molecular formula is C10H14BF3KNS. The first-order valence-electron chi connectivity index (χ1n) is 4.93. The number of thiol groups is 1. The fourth-order valence-electron chi connectivity index (χ4n) is 2.07. The fraction of sp³-hybridized carbons (Fsp3) is 0.400. The summed E-state index contributed by atoms with van der Waals surface area (Å²) in [5, 5.41) is 0. The van der Waals surface area contributed by atoms with Gasteiger partial charge in [0.05, 0.1) is 0 Å². The first-order chi connectivity index (χ1) is 7.21. The molecule has 1 aromatic rings. The van der Waals surface area contributed by atoms with E-state index in [0.29, 0.717) is 10.5 Å². The number of benzene rings is 1. The Balaban J connectivity index is 0.00000256. The Morgan fingerprint density at radius 2 is 1.53 bits per heavy atom. The van der Waals surface area contributed by atoms with Crippen molar-refractivity contribution in [3.05, 3.63) is 22.3 Å². The molecule has 0 fully saturated rings. The summed E-state index contributed by atoms with van der Waals surface area (Å²) in [5.41, 5.74) is 6.67. The van der Waals surface area contributed by atoms with Crippen LogP contribution in [0.5, 0.6) is 0 Å². The number of hydrogen-bond donors (Lipinski definition) is 2. The summed E-state index contributed by atoms with van der Waals surface area (Å²) in [6, 6.07) is 0. The second kappa shape index (κ2) is 6.45. The summed E-state index contributed by atoms with van der Waals surface area (Å²) in [7, 11) is 0. The predicted octanol–water partition coefficient (Wildman–Crippen LogP) is -0.582. The summed E-state index contributed by atoms with van der Waals surface area (Å²) in [6.45, 7) is -0.246. The molecule has 17 heavy (non-hydrogen) atoms. The van der Waals surface area contributed by atoms with Crippen LogP contribution in [0.25, 0.3) is 0 Å². The Bertz CT molecular complexity index is 435. The van der Waals surface area contributed by atoms with Gasteiger partial charge in [-0.15, -0.1) is 18.1 Å². The van der Waals surface area contributed by atoms with Crippen molar-refractivity contribution in [2.75, 3.05) is 0 Å². The molecular weight excluding hydrogens is 273 g/mol. The van der Waals surface area contributed by atoms with Crippen LogP contribution in [-0.2, 0) is 6.54 Å². The van der Waals surface area contributed by atoms with Crippen molar-refractivity contribution in [2.45, 2.75) is 32.2 Å². The number of nitrogens with two attached hydrogens (primary N) is 1. The van der Waals surface area contributed by atoms with Crippen LogP contribution in [-0.4, -0.2) is 6.98 Å². The van der Waals surface area contributed by atoms with Crippen LogP contribution in [0.1, 0.15) is 22.3 Å². The van der Waals surface area contributed by atoms with Gasteiger partial charge >= 0.3 is 58.4 Å². The number of halogens is 3. The van der Waals surface area contributed by atoms with E-state index >= 15 is 0 Å². The SMILES string of the molecule is Cc1c(S)c(C)c([B-](F)(F)F)c(C)c1CN.[K+]. The summed E-state index contributed by atoms with van der Waals surface area (Å²) >= 11 is 4.14. The predicted molar refractivity (Wildman–Crippen MR) is 64.5 cm³/mol. The fourth-order valence-corrected chi connectivity index (χ4v) is 2.33. The maximum atomic E-state index is 12.9. The van der Waals surface area contributed by atoms with E-state index in [-0.39, 0.29) is 69.1 Å². The van der Waals surface area contributed by atoms with Crippen LogP contribution in [0.4, 0.5) is 12.9 Å².